The molecule has 0 amide bonds. The van der Waals surface area contributed by atoms with E-state index in [1.165, 1.54) is 6.07 Å². The fourth-order valence-corrected chi connectivity index (χ4v) is 3.38. The highest BCUT2D eigenvalue weighted by Crippen LogP contribution is 2.24. The average molecular weight is 324 g/mol. The van der Waals surface area contributed by atoms with Crippen molar-refractivity contribution in [1.82, 2.24) is 15.3 Å². The Morgan fingerprint density at radius 3 is 3.05 bits per heavy atom. The summed E-state index contributed by atoms with van der Waals surface area (Å²) in [7, 11) is 0. The Hall–Kier alpha value is -1.43. The number of aryl methyl sites for hydroxylation is 1. The minimum absolute atomic E-state index is 0.202. The summed E-state index contributed by atoms with van der Waals surface area (Å²) >= 11 is 7.33. The summed E-state index contributed by atoms with van der Waals surface area (Å²) in [4.78, 5) is 7.32. The van der Waals surface area contributed by atoms with Crippen LogP contribution in [0.2, 0.25) is 5.15 Å². The molecule has 0 aliphatic carbocycles. The van der Waals surface area contributed by atoms with Gasteiger partial charge in [0.2, 0.25) is 0 Å². The van der Waals surface area contributed by atoms with Gasteiger partial charge in [-0.1, -0.05) is 23.7 Å². The summed E-state index contributed by atoms with van der Waals surface area (Å²) in [5, 5.41) is 7.65. The summed E-state index contributed by atoms with van der Waals surface area (Å²) < 4.78 is 13.7. The molecule has 2 aromatic heterocycles. The Kier molecular flexibility index (Phi) is 4.24. The van der Waals surface area contributed by atoms with Crippen LogP contribution in [0.5, 0.6) is 0 Å². The van der Waals surface area contributed by atoms with E-state index < -0.39 is 0 Å². The maximum atomic E-state index is 13.7. The topological polar surface area (TPSA) is 40.7 Å². The fraction of sp³-hybridized carbons (Fsp3) is 0.267. The number of rotatable bonds is 5. The van der Waals surface area contributed by atoms with Crippen LogP contribution in [0.15, 0.2) is 23.6 Å². The van der Waals surface area contributed by atoms with Gasteiger partial charge >= 0.3 is 0 Å². The van der Waals surface area contributed by atoms with E-state index in [-0.39, 0.29) is 5.82 Å². The van der Waals surface area contributed by atoms with E-state index in [1.54, 1.807) is 17.4 Å². The number of para-hydroxylation sites is 1. The van der Waals surface area contributed by atoms with Crippen LogP contribution in [0.4, 0.5) is 4.39 Å². The Labute approximate surface area is 131 Å². The zero-order valence-corrected chi connectivity index (χ0v) is 13.1. The number of aromatic nitrogens is 2. The van der Waals surface area contributed by atoms with Gasteiger partial charge in [-0.05, 0) is 31.5 Å². The molecule has 2 N–H and O–H groups in total. The molecule has 0 unspecified atom stereocenters. The first-order chi connectivity index (χ1) is 10.1. The number of nitrogens with zero attached hydrogens (tertiary/aromatic N) is 1. The molecule has 0 aliphatic rings. The van der Waals surface area contributed by atoms with Gasteiger partial charge in [-0.3, -0.25) is 0 Å². The van der Waals surface area contributed by atoms with Crippen LogP contribution >= 0.6 is 22.9 Å². The van der Waals surface area contributed by atoms with Crippen molar-refractivity contribution >= 4 is 33.8 Å². The third kappa shape index (κ3) is 3.10. The highest BCUT2D eigenvalue weighted by Gasteiger charge is 2.10. The summed E-state index contributed by atoms with van der Waals surface area (Å²) in [6, 6.07) is 5.18. The van der Waals surface area contributed by atoms with Gasteiger partial charge in [0, 0.05) is 23.0 Å². The highest BCUT2D eigenvalue weighted by molar-refractivity contribution is 7.10. The molecule has 6 heteroatoms. The molecule has 3 aromatic rings. The van der Waals surface area contributed by atoms with E-state index in [9.17, 15) is 4.39 Å². The molecule has 0 fully saturated rings. The normalized spacial score (nSPS) is 11.4. The third-order valence-electron chi connectivity index (χ3n) is 3.46. The SMILES string of the molecule is Cc1[nH]c2c(F)cccc2c1CCNCc1nc(Cl)cs1. The fourth-order valence-electron chi connectivity index (χ4n) is 2.47. The van der Waals surface area contributed by atoms with Crippen LogP contribution in [0.3, 0.4) is 0 Å². The first-order valence-corrected chi connectivity index (χ1v) is 7.97. The lowest BCUT2D eigenvalue weighted by atomic mass is 10.1. The number of halogens is 2. The number of hydrogen-bond donors (Lipinski definition) is 2. The molecule has 0 atom stereocenters. The van der Waals surface area contributed by atoms with Gasteiger partial charge in [-0.2, -0.15) is 0 Å². The van der Waals surface area contributed by atoms with E-state index >= 15 is 0 Å². The lowest BCUT2D eigenvalue weighted by molar-refractivity contribution is 0.637. The molecule has 0 radical (unpaired) electrons. The molecule has 1 aromatic carbocycles. The van der Waals surface area contributed by atoms with E-state index in [0.717, 1.165) is 34.6 Å². The summed E-state index contributed by atoms with van der Waals surface area (Å²) in [6.07, 6.45) is 0.842. The molecule has 0 saturated heterocycles. The van der Waals surface area contributed by atoms with Crippen LogP contribution in [0.1, 0.15) is 16.3 Å². The van der Waals surface area contributed by atoms with E-state index in [2.05, 4.69) is 15.3 Å². The maximum absolute atomic E-state index is 13.7. The predicted molar refractivity (Wildman–Crippen MR) is 85.5 cm³/mol. The van der Waals surface area contributed by atoms with E-state index in [1.807, 2.05) is 18.4 Å². The van der Waals surface area contributed by atoms with Gasteiger partial charge in [-0.15, -0.1) is 11.3 Å². The second kappa shape index (κ2) is 6.13. The Morgan fingerprint density at radius 2 is 2.29 bits per heavy atom. The predicted octanol–water partition coefficient (Wildman–Crippen LogP) is 4.06. The zero-order chi connectivity index (χ0) is 14.8. The number of benzene rings is 1. The average Bonchev–Trinajstić information content (AvgIpc) is 3.00. The second-order valence-electron chi connectivity index (χ2n) is 4.88. The van der Waals surface area contributed by atoms with E-state index in [0.29, 0.717) is 17.2 Å². The van der Waals surface area contributed by atoms with Gasteiger partial charge in [0.15, 0.2) is 0 Å². The molecule has 2 heterocycles. The minimum atomic E-state index is -0.202. The van der Waals surface area contributed by atoms with Crippen molar-refractivity contribution in [3.8, 4) is 0 Å². The van der Waals surface area contributed by atoms with Crippen molar-refractivity contribution < 1.29 is 4.39 Å². The van der Waals surface area contributed by atoms with Gasteiger partial charge in [-0.25, -0.2) is 9.37 Å². The van der Waals surface area contributed by atoms with Gasteiger partial charge in [0.25, 0.3) is 0 Å². The Balaban J connectivity index is 1.65. The number of hydrogen-bond acceptors (Lipinski definition) is 3. The second-order valence-corrected chi connectivity index (χ2v) is 6.21. The largest absolute Gasteiger partial charge is 0.356 e. The monoisotopic (exact) mass is 323 g/mol. The first-order valence-electron chi connectivity index (χ1n) is 6.71. The quantitative estimate of drug-likeness (QED) is 0.695. The van der Waals surface area contributed by atoms with Crippen LogP contribution in [0.25, 0.3) is 10.9 Å². The van der Waals surface area contributed by atoms with Crippen molar-refractivity contribution in [3.63, 3.8) is 0 Å². The number of nitrogens with one attached hydrogen (secondary N) is 2. The molecule has 3 rings (SSSR count). The smallest absolute Gasteiger partial charge is 0.147 e. The number of H-pyrrole nitrogens is 1. The van der Waals surface area contributed by atoms with Crippen LogP contribution in [-0.4, -0.2) is 16.5 Å². The van der Waals surface area contributed by atoms with Crippen molar-refractivity contribution in [2.24, 2.45) is 0 Å². The van der Waals surface area contributed by atoms with Crippen molar-refractivity contribution in [2.75, 3.05) is 6.54 Å². The minimum Gasteiger partial charge on any atom is -0.356 e. The van der Waals surface area contributed by atoms with Gasteiger partial charge < -0.3 is 10.3 Å². The molecular formula is C15H15ClFN3S. The maximum Gasteiger partial charge on any atom is 0.147 e. The summed E-state index contributed by atoms with van der Waals surface area (Å²) in [5.41, 5.74) is 2.78. The van der Waals surface area contributed by atoms with E-state index in [4.69, 9.17) is 11.6 Å². The summed E-state index contributed by atoms with van der Waals surface area (Å²) in [5.74, 6) is -0.202. The molecule has 0 spiro atoms. The van der Waals surface area contributed by atoms with Crippen LogP contribution < -0.4 is 5.32 Å². The molecule has 0 saturated carbocycles. The summed E-state index contributed by atoms with van der Waals surface area (Å²) in [6.45, 7) is 3.49. The molecule has 0 bridgehead atoms. The zero-order valence-electron chi connectivity index (χ0n) is 11.5. The highest BCUT2D eigenvalue weighted by atomic mass is 35.5. The lowest BCUT2D eigenvalue weighted by Crippen LogP contribution is -2.16. The number of aromatic amines is 1. The molecule has 0 aliphatic heterocycles. The van der Waals surface area contributed by atoms with Gasteiger partial charge in [0.1, 0.15) is 16.0 Å². The van der Waals surface area contributed by atoms with Crippen molar-refractivity contribution in [1.29, 1.82) is 0 Å². The molecular weight excluding hydrogens is 309 g/mol. The third-order valence-corrected chi connectivity index (χ3v) is 4.63. The Bertz CT molecular complexity index is 765. The van der Waals surface area contributed by atoms with Crippen molar-refractivity contribution in [3.05, 3.63) is 50.8 Å². The molecule has 3 nitrogen and oxygen atoms in total. The van der Waals surface area contributed by atoms with Crippen LogP contribution in [0, 0.1) is 12.7 Å². The van der Waals surface area contributed by atoms with Crippen LogP contribution in [-0.2, 0) is 13.0 Å². The number of thiazole rings is 1. The molecule has 110 valence electrons. The van der Waals surface area contributed by atoms with Gasteiger partial charge in [0.05, 0.1) is 5.52 Å². The number of fused-ring (bicyclic) bond motifs is 1. The standard InChI is InChI=1S/C15H15ClFN3S/c1-9-10(11-3-2-4-12(17)15(11)19-9)5-6-18-7-14-20-13(16)8-21-14/h2-4,8,18-19H,5-7H2,1H3. The lowest BCUT2D eigenvalue weighted by Gasteiger charge is -2.03. The Morgan fingerprint density at radius 1 is 1.43 bits per heavy atom. The molecule has 21 heavy (non-hydrogen) atoms. The van der Waals surface area contributed by atoms with Crippen molar-refractivity contribution in [2.45, 2.75) is 19.9 Å². The first kappa shape index (κ1) is 14.5.